The van der Waals surface area contributed by atoms with E-state index < -0.39 is 0 Å². The molecule has 1 aliphatic heterocycles. The van der Waals surface area contributed by atoms with Gasteiger partial charge in [0.15, 0.2) is 0 Å². The van der Waals surface area contributed by atoms with Crippen LogP contribution in [-0.4, -0.2) is 38.1 Å². The van der Waals surface area contributed by atoms with Gasteiger partial charge >= 0.3 is 0 Å². The highest BCUT2D eigenvalue weighted by molar-refractivity contribution is 5.65. The van der Waals surface area contributed by atoms with E-state index in [1.165, 1.54) is 16.8 Å². The SMILES string of the molecule is CC(C)c1cc(N2CCN(C)CC2)cc(C(C)C)c1N. The van der Waals surface area contributed by atoms with Crippen LogP contribution in [0.15, 0.2) is 12.1 Å². The number of benzene rings is 1. The number of nitrogens with two attached hydrogens (primary N) is 1. The first kappa shape index (κ1) is 15.2. The van der Waals surface area contributed by atoms with E-state index in [2.05, 4.69) is 56.7 Å². The molecular formula is C17H29N3. The molecule has 1 aliphatic rings. The highest BCUT2D eigenvalue weighted by Crippen LogP contribution is 2.34. The van der Waals surface area contributed by atoms with E-state index >= 15 is 0 Å². The Hall–Kier alpha value is -1.22. The molecule has 3 heteroatoms. The third-order valence-corrected chi connectivity index (χ3v) is 4.34. The van der Waals surface area contributed by atoms with Gasteiger partial charge in [0.1, 0.15) is 0 Å². The number of hydrogen-bond acceptors (Lipinski definition) is 3. The van der Waals surface area contributed by atoms with Crippen LogP contribution in [0.2, 0.25) is 0 Å². The van der Waals surface area contributed by atoms with E-state index in [0.29, 0.717) is 11.8 Å². The highest BCUT2D eigenvalue weighted by Gasteiger charge is 2.19. The fourth-order valence-electron chi connectivity index (χ4n) is 2.89. The molecule has 0 unspecified atom stereocenters. The molecule has 0 spiro atoms. The molecule has 20 heavy (non-hydrogen) atoms. The Labute approximate surface area is 123 Å². The van der Waals surface area contributed by atoms with Crippen LogP contribution in [0.1, 0.15) is 50.7 Å². The molecule has 112 valence electrons. The van der Waals surface area contributed by atoms with Gasteiger partial charge in [-0.05, 0) is 42.1 Å². The van der Waals surface area contributed by atoms with E-state index in [9.17, 15) is 0 Å². The number of anilines is 2. The van der Waals surface area contributed by atoms with Crippen LogP contribution in [0.3, 0.4) is 0 Å². The zero-order valence-electron chi connectivity index (χ0n) is 13.6. The molecule has 0 amide bonds. The van der Waals surface area contributed by atoms with Crippen LogP contribution in [0.5, 0.6) is 0 Å². The lowest BCUT2D eigenvalue weighted by atomic mass is 9.92. The maximum Gasteiger partial charge on any atom is 0.0385 e. The third kappa shape index (κ3) is 3.09. The molecule has 0 aliphatic carbocycles. The van der Waals surface area contributed by atoms with Crippen molar-refractivity contribution in [2.75, 3.05) is 43.9 Å². The lowest BCUT2D eigenvalue weighted by Gasteiger charge is -2.35. The minimum atomic E-state index is 0.472. The summed E-state index contributed by atoms with van der Waals surface area (Å²) in [5, 5.41) is 0. The molecule has 0 bridgehead atoms. The molecule has 1 fully saturated rings. The van der Waals surface area contributed by atoms with Gasteiger partial charge in [-0.3, -0.25) is 0 Å². The Morgan fingerprint density at radius 1 is 0.900 bits per heavy atom. The Morgan fingerprint density at radius 2 is 1.35 bits per heavy atom. The summed E-state index contributed by atoms with van der Waals surface area (Å²) >= 11 is 0. The van der Waals surface area contributed by atoms with Crippen LogP contribution in [0.4, 0.5) is 11.4 Å². The van der Waals surface area contributed by atoms with E-state index in [1.54, 1.807) is 0 Å². The lowest BCUT2D eigenvalue weighted by molar-refractivity contribution is 0.313. The average molecular weight is 275 g/mol. The molecule has 1 aromatic carbocycles. The molecule has 2 N–H and O–H groups in total. The minimum Gasteiger partial charge on any atom is -0.398 e. The Bertz CT molecular complexity index is 428. The first-order valence-electron chi connectivity index (χ1n) is 7.77. The standard InChI is InChI=1S/C17H29N3/c1-12(2)15-10-14(11-16(13(3)4)17(15)18)20-8-6-19(5)7-9-20/h10-13H,6-9,18H2,1-5H3. The molecule has 0 saturated carbocycles. The van der Waals surface area contributed by atoms with Gasteiger partial charge in [0.05, 0.1) is 0 Å². The van der Waals surface area contributed by atoms with Gasteiger partial charge in [-0.2, -0.15) is 0 Å². The van der Waals surface area contributed by atoms with Crippen LogP contribution >= 0.6 is 0 Å². The molecule has 3 nitrogen and oxygen atoms in total. The number of likely N-dealkylation sites (N-methyl/N-ethyl adjacent to an activating group) is 1. The second kappa shape index (κ2) is 6.04. The van der Waals surface area contributed by atoms with Crippen molar-refractivity contribution in [2.24, 2.45) is 0 Å². The fraction of sp³-hybridized carbons (Fsp3) is 0.647. The number of nitrogens with zero attached hydrogens (tertiary/aromatic N) is 2. The number of hydrogen-bond donors (Lipinski definition) is 1. The topological polar surface area (TPSA) is 32.5 Å². The monoisotopic (exact) mass is 275 g/mol. The van der Waals surface area contributed by atoms with Crippen molar-refractivity contribution in [1.29, 1.82) is 0 Å². The van der Waals surface area contributed by atoms with Crippen molar-refractivity contribution in [3.8, 4) is 0 Å². The molecular weight excluding hydrogens is 246 g/mol. The summed E-state index contributed by atoms with van der Waals surface area (Å²) in [7, 11) is 2.19. The first-order valence-corrected chi connectivity index (χ1v) is 7.77. The lowest BCUT2D eigenvalue weighted by Crippen LogP contribution is -2.44. The van der Waals surface area contributed by atoms with E-state index in [1.807, 2.05) is 0 Å². The number of nitrogen functional groups attached to an aromatic ring is 1. The van der Waals surface area contributed by atoms with Gasteiger partial charge in [-0.15, -0.1) is 0 Å². The van der Waals surface area contributed by atoms with Crippen molar-refractivity contribution in [3.63, 3.8) is 0 Å². The Balaban J connectivity index is 2.38. The smallest absolute Gasteiger partial charge is 0.0385 e. The van der Waals surface area contributed by atoms with Gasteiger partial charge in [-0.1, -0.05) is 27.7 Å². The van der Waals surface area contributed by atoms with Crippen molar-refractivity contribution in [1.82, 2.24) is 4.90 Å². The summed E-state index contributed by atoms with van der Waals surface area (Å²) in [6, 6.07) is 4.61. The maximum absolute atomic E-state index is 6.38. The van der Waals surface area contributed by atoms with Gasteiger partial charge in [0.2, 0.25) is 0 Å². The fourth-order valence-corrected chi connectivity index (χ4v) is 2.89. The molecule has 0 atom stereocenters. The molecule has 1 saturated heterocycles. The Kier molecular flexibility index (Phi) is 4.59. The highest BCUT2D eigenvalue weighted by atomic mass is 15.2. The van der Waals surface area contributed by atoms with E-state index in [0.717, 1.165) is 31.9 Å². The van der Waals surface area contributed by atoms with Crippen LogP contribution < -0.4 is 10.6 Å². The van der Waals surface area contributed by atoms with E-state index in [4.69, 9.17) is 5.73 Å². The molecule has 0 aromatic heterocycles. The van der Waals surface area contributed by atoms with Gasteiger partial charge in [0.25, 0.3) is 0 Å². The minimum absolute atomic E-state index is 0.472. The van der Waals surface area contributed by atoms with Gasteiger partial charge in [-0.25, -0.2) is 0 Å². The predicted molar refractivity (Wildman–Crippen MR) is 88.7 cm³/mol. The second-order valence-corrected chi connectivity index (χ2v) is 6.64. The van der Waals surface area contributed by atoms with Crippen molar-refractivity contribution in [2.45, 2.75) is 39.5 Å². The Morgan fingerprint density at radius 3 is 1.75 bits per heavy atom. The summed E-state index contributed by atoms with van der Waals surface area (Å²) in [6.07, 6.45) is 0. The summed E-state index contributed by atoms with van der Waals surface area (Å²) in [5.74, 6) is 0.944. The quantitative estimate of drug-likeness (QED) is 0.859. The zero-order valence-corrected chi connectivity index (χ0v) is 13.6. The van der Waals surface area contributed by atoms with Gasteiger partial charge in [0, 0.05) is 37.6 Å². The van der Waals surface area contributed by atoms with Crippen molar-refractivity contribution in [3.05, 3.63) is 23.3 Å². The van der Waals surface area contributed by atoms with Crippen molar-refractivity contribution >= 4 is 11.4 Å². The third-order valence-electron chi connectivity index (χ3n) is 4.34. The normalized spacial score (nSPS) is 17.2. The summed E-state index contributed by atoms with van der Waals surface area (Å²) in [6.45, 7) is 13.4. The molecule has 1 aromatic rings. The zero-order chi connectivity index (χ0) is 14.9. The molecule has 2 rings (SSSR count). The molecule has 0 radical (unpaired) electrons. The maximum atomic E-state index is 6.38. The average Bonchev–Trinajstić information content (AvgIpc) is 2.39. The van der Waals surface area contributed by atoms with Crippen LogP contribution in [0, 0.1) is 0 Å². The number of rotatable bonds is 3. The predicted octanol–water partition coefficient (Wildman–Crippen LogP) is 3.27. The van der Waals surface area contributed by atoms with Crippen LogP contribution in [-0.2, 0) is 0 Å². The summed E-state index contributed by atoms with van der Waals surface area (Å²) in [5.41, 5.74) is 11.3. The van der Waals surface area contributed by atoms with Crippen LogP contribution in [0.25, 0.3) is 0 Å². The molecule has 1 heterocycles. The van der Waals surface area contributed by atoms with Gasteiger partial charge < -0.3 is 15.5 Å². The van der Waals surface area contributed by atoms with Crippen molar-refractivity contribution < 1.29 is 0 Å². The largest absolute Gasteiger partial charge is 0.398 e. The second-order valence-electron chi connectivity index (χ2n) is 6.64. The van der Waals surface area contributed by atoms with E-state index in [-0.39, 0.29) is 0 Å². The number of piperazine rings is 1. The summed E-state index contributed by atoms with van der Waals surface area (Å²) < 4.78 is 0. The first-order chi connectivity index (χ1) is 9.40. The summed E-state index contributed by atoms with van der Waals surface area (Å²) in [4.78, 5) is 4.89.